The van der Waals surface area contributed by atoms with Gasteiger partial charge in [-0.2, -0.15) is 0 Å². The monoisotopic (exact) mass is 237 g/mol. The number of imidazole rings is 1. The number of carbonyl (C=O) groups is 1. The van der Waals surface area contributed by atoms with E-state index in [4.69, 9.17) is 4.74 Å². The Morgan fingerprint density at radius 1 is 1.65 bits per heavy atom. The maximum absolute atomic E-state index is 11.6. The van der Waals surface area contributed by atoms with Gasteiger partial charge in [0, 0.05) is 12.1 Å². The van der Waals surface area contributed by atoms with Crippen LogP contribution < -0.4 is 5.32 Å². The van der Waals surface area contributed by atoms with E-state index in [1.54, 1.807) is 6.33 Å². The van der Waals surface area contributed by atoms with Crippen LogP contribution in [0.2, 0.25) is 0 Å². The first-order valence-corrected chi connectivity index (χ1v) is 5.97. The zero-order valence-corrected chi connectivity index (χ0v) is 10.5. The Labute approximate surface area is 101 Å². The topological polar surface area (TPSA) is 67.0 Å². The van der Waals surface area contributed by atoms with Crippen molar-refractivity contribution in [1.82, 2.24) is 15.3 Å². The van der Waals surface area contributed by atoms with Gasteiger partial charge in [0.1, 0.15) is 6.04 Å². The standard InChI is InChI=1S/C12H19N3O2/c1-7(2)4-9-11-8(13-6-14-11)5-10(15-9)12(16)17-3/h6-7,9-10,15H,4-5H2,1-3H3,(H,13,14)/t9?,10-/m1/s1. The number of carbonyl (C=O) groups excluding carboxylic acids is 1. The number of rotatable bonds is 3. The number of aromatic nitrogens is 2. The first-order valence-electron chi connectivity index (χ1n) is 5.97. The predicted octanol–water partition coefficient (Wildman–Crippen LogP) is 1.18. The maximum Gasteiger partial charge on any atom is 0.323 e. The number of esters is 1. The Kier molecular flexibility index (Phi) is 3.47. The molecule has 0 saturated heterocycles. The Bertz CT molecular complexity index is 400. The molecule has 1 aromatic heterocycles. The highest BCUT2D eigenvalue weighted by Gasteiger charge is 2.32. The molecule has 1 aliphatic rings. The number of nitrogens with zero attached hydrogens (tertiary/aromatic N) is 1. The summed E-state index contributed by atoms with van der Waals surface area (Å²) in [4.78, 5) is 19.1. The Morgan fingerprint density at radius 3 is 3.06 bits per heavy atom. The number of hydrogen-bond donors (Lipinski definition) is 2. The minimum Gasteiger partial charge on any atom is -0.468 e. The quantitative estimate of drug-likeness (QED) is 0.775. The summed E-state index contributed by atoms with van der Waals surface area (Å²) in [6.07, 6.45) is 3.28. The minimum atomic E-state index is -0.267. The van der Waals surface area contributed by atoms with Gasteiger partial charge in [-0.25, -0.2) is 4.98 Å². The second-order valence-corrected chi connectivity index (χ2v) is 4.90. The molecule has 2 heterocycles. The van der Waals surface area contributed by atoms with Gasteiger partial charge in [0.25, 0.3) is 0 Å². The van der Waals surface area contributed by atoms with E-state index < -0.39 is 0 Å². The van der Waals surface area contributed by atoms with E-state index in [0.29, 0.717) is 12.3 Å². The Morgan fingerprint density at radius 2 is 2.41 bits per heavy atom. The normalized spacial score (nSPS) is 23.5. The highest BCUT2D eigenvalue weighted by molar-refractivity contribution is 5.76. The van der Waals surface area contributed by atoms with Gasteiger partial charge in [0.15, 0.2) is 0 Å². The summed E-state index contributed by atoms with van der Waals surface area (Å²) in [5, 5.41) is 3.32. The summed E-state index contributed by atoms with van der Waals surface area (Å²) < 4.78 is 4.80. The molecule has 0 fully saturated rings. The molecule has 2 N–H and O–H groups in total. The first-order chi connectivity index (χ1) is 8.11. The van der Waals surface area contributed by atoms with Crippen LogP contribution in [0, 0.1) is 5.92 Å². The molecule has 5 heteroatoms. The molecular formula is C12H19N3O2. The largest absolute Gasteiger partial charge is 0.468 e. The van der Waals surface area contributed by atoms with Crippen LogP contribution in [-0.4, -0.2) is 29.1 Å². The number of fused-ring (bicyclic) bond motifs is 1. The Balaban J connectivity index is 2.19. The van der Waals surface area contributed by atoms with E-state index in [0.717, 1.165) is 17.8 Å². The third-order valence-corrected chi connectivity index (χ3v) is 3.09. The average Bonchev–Trinajstić information content (AvgIpc) is 2.75. The van der Waals surface area contributed by atoms with Crippen molar-refractivity contribution in [2.24, 2.45) is 5.92 Å². The highest BCUT2D eigenvalue weighted by atomic mass is 16.5. The fourth-order valence-corrected chi connectivity index (χ4v) is 2.32. The third kappa shape index (κ3) is 2.49. The molecule has 0 aliphatic carbocycles. The molecule has 0 spiro atoms. The van der Waals surface area contributed by atoms with Crippen molar-refractivity contribution in [2.45, 2.75) is 38.8 Å². The van der Waals surface area contributed by atoms with Crippen LogP contribution in [0.1, 0.15) is 37.7 Å². The minimum absolute atomic E-state index is 0.133. The number of hydrogen-bond acceptors (Lipinski definition) is 4. The van der Waals surface area contributed by atoms with Gasteiger partial charge in [0.2, 0.25) is 0 Å². The van der Waals surface area contributed by atoms with Crippen molar-refractivity contribution in [3.05, 3.63) is 17.7 Å². The number of nitrogens with one attached hydrogen (secondary N) is 2. The SMILES string of the molecule is COC(=O)[C@H]1Cc2[nH]cnc2C(CC(C)C)N1. The van der Waals surface area contributed by atoms with Crippen LogP contribution in [-0.2, 0) is 16.0 Å². The lowest BCUT2D eigenvalue weighted by molar-refractivity contribution is -0.143. The third-order valence-electron chi connectivity index (χ3n) is 3.09. The van der Waals surface area contributed by atoms with Gasteiger partial charge < -0.3 is 9.72 Å². The van der Waals surface area contributed by atoms with Crippen LogP contribution in [0.5, 0.6) is 0 Å². The molecule has 1 unspecified atom stereocenters. The number of methoxy groups -OCH3 is 1. The molecule has 1 aromatic rings. The Hall–Kier alpha value is -1.36. The molecule has 0 saturated carbocycles. The average molecular weight is 237 g/mol. The van der Waals surface area contributed by atoms with E-state index in [-0.39, 0.29) is 18.1 Å². The van der Waals surface area contributed by atoms with E-state index in [1.165, 1.54) is 7.11 Å². The lowest BCUT2D eigenvalue weighted by atomic mass is 9.93. The van der Waals surface area contributed by atoms with Gasteiger partial charge in [0.05, 0.1) is 25.2 Å². The molecule has 0 bridgehead atoms. The van der Waals surface area contributed by atoms with Crippen LogP contribution in [0.4, 0.5) is 0 Å². The molecule has 2 atom stereocenters. The van der Waals surface area contributed by atoms with E-state index >= 15 is 0 Å². The lowest BCUT2D eigenvalue weighted by Crippen LogP contribution is -2.45. The van der Waals surface area contributed by atoms with E-state index in [1.807, 2.05) is 0 Å². The molecule has 2 rings (SSSR count). The molecule has 5 nitrogen and oxygen atoms in total. The summed E-state index contributed by atoms with van der Waals surface area (Å²) in [5.41, 5.74) is 2.09. The number of H-pyrrole nitrogens is 1. The number of ether oxygens (including phenoxy) is 1. The van der Waals surface area contributed by atoms with Gasteiger partial charge in [-0.1, -0.05) is 13.8 Å². The van der Waals surface area contributed by atoms with E-state index in [9.17, 15) is 4.79 Å². The molecule has 17 heavy (non-hydrogen) atoms. The smallest absolute Gasteiger partial charge is 0.323 e. The maximum atomic E-state index is 11.6. The zero-order valence-electron chi connectivity index (χ0n) is 10.5. The molecule has 1 aliphatic heterocycles. The van der Waals surface area contributed by atoms with Crippen LogP contribution in [0.15, 0.2) is 6.33 Å². The van der Waals surface area contributed by atoms with Gasteiger partial charge in [-0.15, -0.1) is 0 Å². The van der Waals surface area contributed by atoms with E-state index in [2.05, 4.69) is 29.1 Å². The van der Waals surface area contributed by atoms with Crippen LogP contribution in [0.25, 0.3) is 0 Å². The summed E-state index contributed by atoms with van der Waals surface area (Å²) >= 11 is 0. The van der Waals surface area contributed by atoms with Crippen LogP contribution in [0.3, 0.4) is 0 Å². The van der Waals surface area contributed by atoms with Gasteiger partial charge in [-0.05, 0) is 12.3 Å². The van der Waals surface area contributed by atoms with Gasteiger partial charge >= 0.3 is 5.97 Å². The summed E-state index contributed by atoms with van der Waals surface area (Å²) in [6.45, 7) is 4.32. The highest BCUT2D eigenvalue weighted by Crippen LogP contribution is 2.27. The lowest BCUT2D eigenvalue weighted by Gasteiger charge is -2.29. The van der Waals surface area contributed by atoms with Crippen LogP contribution >= 0.6 is 0 Å². The second-order valence-electron chi connectivity index (χ2n) is 4.90. The fourth-order valence-electron chi connectivity index (χ4n) is 2.32. The van der Waals surface area contributed by atoms with Crippen molar-refractivity contribution in [1.29, 1.82) is 0 Å². The molecule has 0 radical (unpaired) electrons. The van der Waals surface area contributed by atoms with Crippen molar-refractivity contribution >= 4 is 5.97 Å². The molecule has 0 amide bonds. The van der Waals surface area contributed by atoms with Crippen molar-refractivity contribution in [3.63, 3.8) is 0 Å². The second kappa shape index (κ2) is 4.87. The molecule has 0 aromatic carbocycles. The van der Waals surface area contributed by atoms with Crippen molar-refractivity contribution in [2.75, 3.05) is 7.11 Å². The predicted molar refractivity (Wildman–Crippen MR) is 63.4 cm³/mol. The number of aromatic amines is 1. The summed E-state index contributed by atoms with van der Waals surface area (Å²) in [5.74, 6) is 0.340. The first kappa shape index (κ1) is 12.1. The summed E-state index contributed by atoms with van der Waals surface area (Å²) in [7, 11) is 1.42. The van der Waals surface area contributed by atoms with Gasteiger partial charge in [-0.3, -0.25) is 10.1 Å². The summed E-state index contributed by atoms with van der Waals surface area (Å²) in [6, 6.07) is -0.134. The molecular weight excluding hydrogens is 218 g/mol. The molecule has 94 valence electrons. The fraction of sp³-hybridized carbons (Fsp3) is 0.667. The van der Waals surface area contributed by atoms with Crippen molar-refractivity contribution in [3.8, 4) is 0 Å². The zero-order chi connectivity index (χ0) is 12.4. The van der Waals surface area contributed by atoms with Crippen molar-refractivity contribution < 1.29 is 9.53 Å².